The van der Waals surface area contributed by atoms with Crippen molar-refractivity contribution in [3.8, 4) is 0 Å². The van der Waals surface area contributed by atoms with Gasteiger partial charge in [0.05, 0.1) is 18.6 Å². The molecule has 0 aromatic heterocycles. The zero-order valence-electron chi connectivity index (χ0n) is 13.1. The fourth-order valence-electron chi connectivity index (χ4n) is 1.40. The summed E-state index contributed by atoms with van der Waals surface area (Å²) in [7, 11) is -6.41. The van der Waals surface area contributed by atoms with E-state index in [0.29, 0.717) is 19.3 Å². The van der Waals surface area contributed by atoms with E-state index < -0.39 is 39.4 Å². The molecule has 0 heterocycles. The molecule has 0 saturated carbocycles. The molecule has 0 aromatic rings. The maximum atomic E-state index is 11.4. The Hall–Kier alpha value is -1.04. The Balaban J connectivity index is 3.84. The minimum Gasteiger partial charge on any atom is -0.467 e. The molecule has 23 heavy (non-hydrogen) atoms. The molecule has 0 rings (SSSR count). The normalized spacial score (nSPS) is 12.1. The number of unbranched alkanes of at least 4 members (excludes halogenated alkanes) is 3. The number of ether oxygens (including phenoxy) is 1. The number of methoxy groups -OCH3 is 1. The fourth-order valence-corrected chi connectivity index (χ4v) is 3.37. The number of rotatable bonds is 13. The summed E-state index contributed by atoms with van der Waals surface area (Å²) in [5.74, 6) is -1.67. The van der Waals surface area contributed by atoms with Gasteiger partial charge in [-0.2, -0.15) is 16.8 Å². The van der Waals surface area contributed by atoms with Crippen molar-refractivity contribution < 1.29 is 39.5 Å². The van der Waals surface area contributed by atoms with Crippen LogP contribution in [0.1, 0.15) is 32.6 Å². The van der Waals surface area contributed by atoms with Crippen molar-refractivity contribution in [2.24, 2.45) is 0 Å². The van der Waals surface area contributed by atoms with Gasteiger partial charge in [0.2, 0.25) is 0 Å². The van der Waals surface area contributed by atoms with Gasteiger partial charge < -0.3 is 4.74 Å². The molecule has 0 aliphatic carbocycles. The summed E-state index contributed by atoms with van der Waals surface area (Å²) in [6.07, 6.45) is 1.53. The Bertz CT molecular complexity index is 578. The lowest BCUT2D eigenvalue weighted by atomic mass is 10.2. The van der Waals surface area contributed by atoms with Crippen LogP contribution in [0.3, 0.4) is 0 Å². The van der Waals surface area contributed by atoms with Crippen LogP contribution in [0.15, 0.2) is 0 Å². The first-order chi connectivity index (χ1) is 10.6. The Kier molecular flexibility index (Phi) is 10.2. The zero-order valence-corrected chi connectivity index (χ0v) is 14.8. The van der Waals surface area contributed by atoms with Crippen molar-refractivity contribution in [3.63, 3.8) is 0 Å². The van der Waals surface area contributed by atoms with Crippen LogP contribution < -0.4 is 0 Å². The molecule has 0 aliphatic heterocycles. The van der Waals surface area contributed by atoms with Crippen LogP contribution >= 0.6 is 0 Å². The summed E-state index contributed by atoms with van der Waals surface area (Å²) in [5, 5.41) is 0. The van der Waals surface area contributed by atoms with Gasteiger partial charge in [0.15, 0.2) is 12.4 Å². The monoisotopic (exact) mass is 374 g/mol. The molecule has 11 heteroatoms. The number of hydrogen-bond acceptors (Lipinski definition) is 9. The summed E-state index contributed by atoms with van der Waals surface area (Å²) in [6, 6.07) is 0. The first kappa shape index (κ1) is 22.0. The molecule has 0 aromatic carbocycles. The molecule has 0 amide bonds. The van der Waals surface area contributed by atoms with Gasteiger partial charge in [-0.05, 0) is 19.8 Å². The average molecular weight is 374 g/mol. The first-order valence-electron chi connectivity index (χ1n) is 6.88. The smallest absolute Gasteiger partial charge is 0.333 e. The van der Waals surface area contributed by atoms with E-state index in [2.05, 4.69) is 13.1 Å². The summed E-state index contributed by atoms with van der Waals surface area (Å²) >= 11 is 0. The van der Waals surface area contributed by atoms with Crippen LogP contribution in [0.25, 0.3) is 0 Å². The molecule has 0 bridgehead atoms. The molecular formula is C12H22O9S2. The molecule has 0 unspecified atom stereocenters. The van der Waals surface area contributed by atoms with Gasteiger partial charge >= 0.3 is 5.97 Å². The van der Waals surface area contributed by atoms with Crippen molar-refractivity contribution in [2.45, 2.75) is 32.6 Å². The highest BCUT2D eigenvalue weighted by Crippen LogP contribution is 2.07. The molecule has 0 aliphatic rings. The molecular weight excluding hydrogens is 352 g/mol. The van der Waals surface area contributed by atoms with Gasteiger partial charge in [0.25, 0.3) is 20.2 Å². The average Bonchev–Trinajstić information content (AvgIpc) is 2.46. The van der Waals surface area contributed by atoms with Gasteiger partial charge in [0, 0.05) is 0 Å². The summed E-state index contributed by atoms with van der Waals surface area (Å²) in [4.78, 5) is 21.4. The maximum absolute atomic E-state index is 11.4. The second kappa shape index (κ2) is 10.7. The Morgan fingerprint density at radius 2 is 1.22 bits per heavy atom. The third-order valence-electron chi connectivity index (χ3n) is 2.56. The molecule has 0 fully saturated rings. The zero-order chi connectivity index (χ0) is 17.9. The number of carbonyl (C=O) groups excluding carboxylic acids is 2. The number of ketones is 1. The van der Waals surface area contributed by atoms with Gasteiger partial charge in [0.1, 0.15) is 6.61 Å². The van der Waals surface area contributed by atoms with E-state index in [1.54, 1.807) is 0 Å². The standard InChI is InChI=1S/C12H22O9S2/c1-11(13)9-20-22(15,16)7-5-3-4-6-8-23(17,18)21-10-12(14)19-2/h3-10H2,1-2H3. The van der Waals surface area contributed by atoms with Crippen LogP contribution in [0.5, 0.6) is 0 Å². The van der Waals surface area contributed by atoms with E-state index in [4.69, 9.17) is 0 Å². The minimum atomic E-state index is -3.80. The topological polar surface area (TPSA) is 130 Å². The maximum Gasteiger partial charge on any atom is 0.333 e. The van der Waals surface area contributed by atoms with Crippen LogP contribution in [-0.2, 0) is 42.9 Å². The number of esters is 1. The minimum absolute atomic E-state index is 0.230. The van der Waals surface area contributed by atoms with Crippen molar-refractivity contribution >= 4 is 32.0 Å². The predicted octanol–water partition coefficient (Wildman–Crippen LogP) is 0.00160. The first-order valence-corrected chi connectivity index (χ1v) is 10.0. The van der Waals surface area contributed by atoms with Crippen LogP contribution in [0.4, 0.5) is 0 Å². The van der Waals surface area contributed by atoms with Crippen LogP contribution in [0.2, 0.25) is 0 Å². The third kappa shape index (κ3) is 13.1. The Labute approximate surface area is 136 Å². The summed E-state index contributed by atoms with van der Waals surface area (Å²) < 4.78 is 58.7. The number of hydrogen-bond donors (Lipinski definition) is 0. The quantitative estimate of drug-likeness (QED) is 0.248. The Morgan fingerprint density at radius 1 is 0.783 bits per heavy atom. The van der Waals surface area contributed by atoms with E-state index in [9.17, 15) is 26.4 Å². The SMILES string of the molecule is COC(=O)COS(=O)(=O)CCCCCCS(=O)(=O)OCC(C)=O. The molecule has 136 valence electrons. The van der Waals surface area contributed by atoms with E-state index in [1.807, 2.05) is 0 Å². The van der Waals surface area contributed by atoms with Crippen LogP contribution in [0, 0.1) is 0 Å². The van der Waals surface area contributed by atoms with E-state index >= 15 is 0 Å². The van der Waals surface area contributed by atoms with Crippen molar-refractivity contribution in [2.75, 3.05) is 31.8 Å². The highest BCUT2D eigenvalue weighted by Gasteiger charge is 2.15. The van der Waals surface area contributed by atoms with Gasteiger partial charge in [-0.25, -0.2) is 4.79 Å². The van der Waals surface area contributed by atoms with Crippen molar-refractivity contribution in [3.05, 3.63) is 0 Å². The molecule has 0 radical (unpaired) electrons. The van der Waals surface area contributed by atoms with E-state index in [-0.39, 0.29) is 23.7 Å². The molecule has 0 atom stereocenters. The lowest BCUT2D eigenvalue weighted by Gasteiger charge is -2.05. The second-order valence-corrected chi connectivity index (χ2v) is 8.26. The summed E-state index contributed by atoms with van der Waals surface area (Å²) in [5.41, 5.74) is 0. The molecule has 0 saturated heterocycles. The van der Waals surface area contributed by atoms with Gasteiger partial charge in [-0.15, -0.1) is 0 Å². The fraction of sp³-hybridized carbons (Fsp3) is 0.833. The predicted molar refractivity (Wildman–Crippen MR) is 80.6 cm³/mol. The molecule has 0 N–H and O–H groups in total. The second-order valence-electron chi connectivity index (χ2n) is 4.74. The number of carbonyl (C=O) groups is 2. The molecule has 9 nitrogen and oxygen atoms in total. The van der Waals surface area contributed by atoms with E-state index in [0.717, 1.165) is 7.11 Å². The van der Waals surface area contributed by atoms with Crippen LogP contribution in [-0.4, -0.2) is 60.4 Å². The van der Waals surface area contributed by atoms with Gasteiger partial charge in [-0.3, -0.25) is 13.2 Å². The van der Waals surface area contributed by atoms with Crippen molar-refractivity contribution in [1.29, 1.82) is 0 Å². The third-order valence-corrected chi connectivity index (χ3v) is 5.10. The van der Waals surface area contributed by atoms with E-state index in [1.165, 1.54) is 6.92 Å². The lowest BCUT2D eigenvalue weighted by molar-refractivity contribution is -0.142. The van der Waals surface area contributed by atoms with Crippen molar-refractivity contribution in [1.82, 2.24) is 0 Å². The number of Topliss-reactive ketones (excluding diaryl/α,β-unsaturated/α-hetero) is 1. The lowest BCUT2D eigenvalue weighted by Crippen LogP contribution is -2.17. The van der Waals surface area contributed by atoms with Gasteiger partial charge in [-0.1, -0.05) is 12.8 Å². The molecule has 0 spiro atoms. The Morgan fingerprint density at radius 3 is 1.61 bits per heavy atom. The summed E-state index contributed by atoms with van der Waals surface area (Å²) in [6.45, 7) is 0.0842. The highest BCUT2D eigenvalue weighted by molar-refractivity contribution is 7.86. The highest BCUT2D eigenvalue weighted by atomic mass is 32.2. The largest absolute Gasteiger partial charge is 0.467 e.